The van der Waals surface area contributed by atoms with Gasteiger partial charge in [-0.15, -0.1) is 11.8 Å². The van der Waals surface area contributed by atoms with Crippen LogP contribution in [-0.2, 0) is 0 Å². The van der Waals surface area contributed by atoms with Gasteiger partial charge in [-0.3, -0.25) is 0 Å². The largest absolute Gasteiger partial charge is 0.126 e. The highest BCUT2D eigenvalue weighted by molar-refractivity contribution is 9.10. The van der Waals surface area contributed by atoms with E-state index in [4.69, 9.17) is 0 Å². The molecule has 2 heteroatoms. The van der Waals surface area contributed by atoms with E-state index < -0.39 is 0 Å². The van der Waals surface area contributed by atoms with Gasteiger partial charge >= 0.3 is 0 Å². The molecule has 0 nitrogen and oxygen atoms in total. The first-order chi connectivity index (χ1) is 9.79. The van der Waals surface area contributed by atoms with Crippen LogP contribution in [0, 0.1) is 0 Å². The lowest BCUT2D eigenvalue weighted by Crippen LogP contribution is -1.82. The summed E-state index contributed by atoms with van der Waals surface area (Å²) < 4.78 is 1.20. The quantitative estimate of drug-likeness (QED) is 0.290. The van der Waals surface area contributed by atoms with Crippen LogP contribution < -0.4 is 0 Å². The van der Waals surface area contributed by atoms with Gasteiger partial charge in [0.15, 0.2) is 0 Å². The van der Waals surface area contributed by atoms with Gasteiger partial charge in [-0.05, 0) is 67.8 Å². The Hall–Kier alpha value is -0.990. The highest BCUT2D eigenvalue weighted by atomic mass is 79.9. The molecule has 0 aliphatic rings. The molecule has 0 unspecified atom stereocenters. The third-order valence-electron chi connectivity index (χ3n) is 3.53. The van der Waals surface area contributed by atoms with Crippen molar-refractivity contribution in [2.45, 2.75) is 24.7 Å². The number of hydrogen-bond donors (Lipinski definition) is 0. The van der Waals surface area contributed by atoms with Gasteiger partial charge in [-0.2, -0.15) is 0 Å². The van der Waals surface area contributed by atoms with Crippen molar-refractivity contribution in [3.8, 4) is 0 Å². The molecule has 0 aliphatic carbocycles. The molecule has 20 heavy (non-hydrogen) atoms. The third kappa shape index (κ3) is 2.72. The summed E-state index contributed by atoms with van der Waals surface area (Å²) in [5.41, 5.74) is 0. The first-order valence-electron chi connectivity index (χ1n) is 7.03. The van der Waals surface area contributed by atoms with Crippen LogP contribution in [-0.4, -0.2) is 5.75 Å². The summed E-state index contributed by atoms with van der Waals surface area (Å²) >= 11 is 5.72. The van der Waals surface area contributed by atoms with Gasteiger partial charge in [-0.25, -0.2) is 0 Å². The molecule has 0 saturated carbocycles. The minimum absolute atomic E-state index is 1.20. The lowest BCUT2D eigenvalue weighted by molar-refractivity contribution is 0.896. The minimum Gasteiger partial charge on any atom is -0.126 e. The first-order valence-corrected chi connectivity index (χ1v) is 8.81. The summed E-state index contributed by atoms with van der Waals surface area (Å²) in [6.07, 6.45) is 2.54. The van der Waals surface area contributed by atoms with Crippen LogP contribution >= 0.6 is 27.7 Å². The Morgan fingerprint density at radius 2 is 1.75 bits per heavy atom. The van der Waals surface area contributed by atoms with E-state index in [0.717, 1.165) is 0 Å². The summed E-state index contributed by atoms with van der Waals surface area (Å²) in [7, 11) is 0. The fourth-order valence-corrected chi connectivity index (χ4v) is 4.19. The highest BCUT2D eigenvalue weighted by Crippen LogP contribution is 2.34. The van der Waals surface area contributed by atoms with Crippen LogP contribution in [0.1, 0.15) is 19.8 Å². The maximum absolute atomic E-state index is 3.76. The van der Waals surface area contributed by atoms with Crippen molar-refractivity contribution in [3.05, 3.63) is 53.0 Å². The van der Waals surface area contributed by atoms with Gasteiger partial charge in [0.2, 0.25) is 0 Å². The molecule has 3 rings (SSSR count). The second kappa shape index (κ2) is 6.19. The molecule has 0 spiro atoms. The van der Waals surface area contributed by atoms with E-state index >= 15 is 0 Å². The molecule has 102 valence electrons. The highest BCUT2D eigenvalue weighted by Gasteiger charge is 2.05. The molecule has 0 bridgehead atoms. The lowest BCUT2D eigenvalue weighted by Gasteiger charge is -2.08. The lowest BCUT2D eigenvalue weighted by atomic mass is 10.0. The number of thioether (sulfide) groups is 1. The molecule has 0 aromatic heterocycles. The van der Waals surface area contributed by atoms with Crippen LogP contribution in [0.2, 0.25) is 0 Å². The van der Waals surface area contributed by atoms with Gasteiger partial charge in [-0.1, -0.05) is 43.7 Å². The van der Waals surface area contributed by atoms with E-state index in [1.54, 1.807) is 0 Å². The van der Waals surface area contributed by atoms with Crippen molar-refractivity contribution in [2.75, 3.05) is 5.75 Å². The van der Waals surface area contributed by atoms with Crippen LogP contribution in [0.5, 0.6) is 0 Å². The van der Waals surface area contributed by atoms with Crippen molar-refractivity contribution >= 4 is 49.2 Å². The molecular weight excluding hydrogens is 328 g/mol. The molecule has 0 aliphatic heterocycles. The molecule has 0 radical (unpaired) electrons. The predicted molar refractivity (Wildman–Crippen MR) is 94.8 cm³/mol. The zero-order chi connectivity index (χ0) is 13.9. The van der Waals surface area contributed by atoms with Gasteiger partial charge in [0.25, 0.3) is 0 Å². The van der Waals surface area contributed by atoms with Crippen molar-refractivity contribution < 1.29 is 0 Å². The molecule has 0 atom stereocenters. The van der Waals surface area contributed by atoms with Gasteiger partial charge in [0, 0.05) is 9.37 Å². The van der Waals surface area contributed by atoms with Gasteiger partial charge in [0.05, 0.1) is 0 Å². The molecular formula is C18H17BrS. The fourth-order valence-electron chi connectivity index (χ4n) is 2.42. The van der Waals surface area contributed by atoms with E-state index in [0.29, 0.717) is 0 Å². The molecule has 3 aromatic rings. The number of benzene rings is 3. The number of rotatable bonds is 4. The average molecular weight is 345 g/mol. The standard InChI is InChI=1S/C18H17BrS/c1-2-3-10-20-15-8-9-17-14(12-15)11-13-6-4-5-7-16(13)18(17)19/h4-9,11-12H,2-3,10H2,1H3. The van der Waals surface area contributed by atoms with E-state index in [9.17, 15) is 0 Å². The third-order valence-corrected chi connectivity index (χ3v) is 5.47. The van der Waals surface area contributed by atoms with Crippen molar-refractivity contribution in [1.29, 1.82) is 0 Å². The smallest absolute Gasteiger partial charge is 0.0332 e. The molecule has 0 N–H and O–H groups in total. The first kappa shape index (κ1) is 14.0. The molecule has 0 fully saturated rings. The van der Waals surface area contributed by atoms with Gasteiger partial charge < -0.3 is 0 Å². The molecule has 0 saturated heterocycles. The second-order valence-electron chi connectivity index (χ2n) is 5.00. The predicted octanol–water partition coefficient (Wildman–Crippen LogP) is 6.65. The maximum Gasteiger partial charge on any atom is 0.0332 e. The summed E-state index contributed by atoms with van der Waals surface area (Å²) in [5, 5.41) is 5.19. The average Bonchev–Trinajstić information content (AvgIpc) is 2.48. The Morgan fingerprint density at radius 1 is 0.950 bits per heavy atom. The Labute approximate surface area is 132 Å². The maximum atomic E-state index is 3.76. The van der Waals surface area contributed by atoms with Crippen molar-refractivity contribution in [2.24, 2.45) is 0 Å². The monoisotopic (exact) mass is 344 g/mol. The van der Waals surface area contributed by atoms with Crippen molar-refractivity contribution in [3.63, 3.8) is 0 Å². The fraction of sp³-hybridized carbons (Fsp3) is 0.222. The normalized spacial score (nSPS) is 11.3. The molecule has 0 heterocycles. The Balaban J connectivity index is 2.07. The SMILES string of the molecule is CCCCSc1ccc2c(Br)c3ccccc3cc2c1. The minimum atomic E-state index is 1.20. The van der Waals surface area contributed by atoms with E-state index in [1.165, 1.54) is 49.5 Å². The topological polar surface area (TPSA) is 0 Å². The summed E-state index contributed by atoms with van der Waals surface area (Å²) in [4.78, 5) is 1.37. The number of fused-ring (bicyclic) bond motifs is 2. The van der Waals surface area contributed by atoms with Crippen LogP contribution in [0.3, 0.4) is 0 Å². The number of halogens is 1. The zero-order valence-electron chi connectivity index (χ0n) is 11.5. The Kier molecular flexibility index (Phi) is 4.32. The van der Waals surface area contributed by atoms with E-state index in [-0.39, 0.29) is 0 Å². The van der Waals surface area contributed by atoms with Crippen LogP contribution in [0.15, 0.2) is 57.9 Å². The number of unbranched alkanes of at least 4 members (excludes halogenated alkanes) is 1. The molecule has 0 amide bonds. The van der Waals surface area contributed by atoms with E-state index in [1.807, 2.05) is 11.8 Å². The summed E-state index contributed by atoms with van der Waals surface area (Å²) in [6.45, 7) is 2.24. The zero-order valence-corrected chi connectivity index (χ0v) is 13.9. The Bertz CT molecular complexity index is 749. The van der Waals surface area contributed by atoms with Gasteiger partial charge in [0.1, 0.15) is 0 Å². The second-order valence-corrected chi connectivity index (χ2v) is 6.96. The summed E-state index contributed by atoms with van der Waals surface area (Å²) in [6, 6.07) is 17.6. The van der Waals surface area contributed by atoms with E-state index in [2.05, 4.69) is 71.4 Å². The Morgan fingerprint density at radius 3 is 2.60 bits per heavy atom. The van der Waals surface area contributed by atoms with Crippen LogP contribution in [0.25, 0.3) is 21.5 Å². The summed E-state index contributed by atoms with van der Waals surface area (Å²) in [5.74, 6) is 1.21. The molecule has 3 aromatic carbocycles. The number of hydrogen-bond acceptors (Lipinski definition) is 1. The van der Waals surface area contributed by atoms with Crippen molar-refractivity contribution in [1.82, 2.24) is 0 Å². The van der Waals surface area contributed by atoms with Crippen LogP contribution in [0.4, 0.5) is 0 Å².